The third-order valence-corrected chi connectivity index (χ3v) is 19.8. The lowest BCUT2D eigenvalue weighted by atomic mass is 9.91. The second-order valence-corrected chi connectivity index (χ2v) is 29.1. The summed E-state index contributed by atoms with van der Waals surface area (Å²) >= 11 is 0. The number of hydrogen-bond acceptors (Lipinski definition) is 23. The SMILES string of the molecule is C=CCCC1OC1CC(=C)CCC1OC1CCCC/C=C/CC/C=C/CC(C)/C=C/CC(C)CCCCCCC(=O)CCCC(CC(O)CC(=O)C[C@@H]1CC[C@@H]([C@@H]2C[C@H](O)[C@H](OS(=O)(=O)O)[C@@H](CC(C)O)O2)O1)O[C@@H]1O[C@H](CO[C@@H]2O[C@H](CO)[C@@H](O)[C@H](O)[C@H]2O)[C@@H](O)[C@H](O)[C@H]1O. The molecule has 0 aromatic heterocycles. The Bertz CT molecular complexity index is 2480. The molecule has 6 saturated heterocycles. The lowest BCUT2D eigenvalue weighted by molar-refractivity contribution is -0.336. The molecule has 9 unspecified atom stereocenters. The number of carbonyl (C=O) groups is 2. The standard InChI is InChI=1S/C71H118O24S/c1-6-7-30-55-58(91-55)36-46(4)32-34-56-54(90-56)31-20-14-12-10-8-9-11-13-17-23-44(2)25-21-26-45(3)24-18-15-16-19-27-48(74)28-22-29-51(89-71-68(83)66(81)64(79)62(94-71)43-87-70-67(82)65(80)63(78)61(42-72)93-70)39-49(75)38-50(76)40-52-33-35-57(88-52)59-41-53(77)69(95-96(84,85)86)60(92-59)37-47(5)73/h6,8,10,13,17,21,25,44-45,47,49,51-73,75,77-83H,1,4,7,9,11-12,14-16,18-20,22-24,26-43H2,2-3,5H3,(H,84,85,86)/b10-8+,17-13+,25-21+/t44?,45?,47?,49?,51?,52-,53-,54?,55?,56?,57-,58?,59-,60+,61+,62+,63+,64+,65-,66-,67+,68+,69-,70+,71+/m0/s1. The zero-order valence-corrected chi connectivity index (χ0v) is 57.8. The van der Waals surface area contributed by atoms with Crippen molar-refractivity contribution in [3.05, 3.63) is 61.3 Å². The molecule has 0 bridgehead atoms. The van der Waals surface area contributed by atoms with Gasteiger partial charge < -0.3 is 89.0 Å². The first-order valence-corrected chi connectivity index (χ1v) is 37.1. The van der Waals surface area contributed by atoms with Crippen molar-refractivity contribution in [1.82, 2.24) is 0 Å². The van der Waals surface area contributed by atoms with E-state index in [4.69, 9.17) is 42.1 Å². The third kappa shape index (κ3) is 29.6. The molecule has 6 aliphatic rings. The molecular formula is C71H118O24S. The van der Waals surface area contributed by atoms with Crippen LogP contribution in [0.25, 0.3) is 0 Å². The molecule has 0 amide bonds. The van der Waals surface area contributed by atoms with Gasteiger partial charge in [0.05, 0.1) is 86.5 Å². The molecule has 0 spiro atoms. The van der Waals surface area contributed by atoms with Crippen molar-refractivity contribution in [3.63, 3.8) is 0 Å². The van der Waals surface area contributed by atoms with Gasteiger partial charge in [0.25, 0.3) is 0 Å². The number of aliphatic hydroxyl groups excluding tert-OH is 10. The number of epoxide rings is 2. The molecule has 6 fully saturated rings. The first-order chi connectivity index (χ1) is 45.8. The molecule has 552 valence electrons. The molecule has 0 aromatic rings. The normalized spacial score (nSPS) is 34.1. The van der Waals surface area contributed by atoms with Crippen LogP contribution in [0.15, 0.2) is 61.3 Å². The van der Waals surface area contributed by atoms with Gasteiger partial charge in [0.15, 0.2) is 12.6 Å². The van der Waals surface area contributed by atoms with Gasteiger partial charge in [0, 0.05) is 44.9 Å². The number of Topliss-reactive ketones (excluding diaryl/α,β-unsaturated/α-hetero) is 2. The molecule has 0 aliphatic carbocycles. The van der Waals surface area contributed by atoms with Gasteiger partial charge in [0.1, 0.15) is 66.5 Å². The fraction of sp³-hybridized carbons (Fsp3) is 0.831. The highest BCUT2D eigenvalue weighted by Gasteiger charge is 2.50. The van der Waals surface area contributed by atoms with Gasteiger partial charge in [-0.25, -0.2) is 4.18 Å². The summed E-state index contributed by atoms with van der Waals surface area (Å²) < 4.78 is 84.0. The van der Waals surface area contributed by atoms with E-state index in [9.17, 15) is 73.6 Å². The maximum Gasteiger partial charge on any atom is 0.397 e. The van der Waals surface area contributed by atoms with Gasteiger partial charge in [-0.15, -0.1) is 6.58 Å². The molecule has 0 saturated carbocycles. The van der Waals surface area contributed by atoms with Crippen LogP contribution in [0.3, 0.4) is 0 Å². The summed E-state index contributed by atoms with van der Waals surface area (Å²) in [6.07, 6.45) is 11.1. The van der Waals surface area contributed by atoms with Gasteiger partial charge in [0.2, 0.25) is 0 Å². The number of carbonyl (C=O) groups excluding carboxylic acids is 2. The minimum atomic E-state index is -4.97. The van der Waals surface area contributed by atoms with Crippen LogP contribution in [0.4, 0.5) is 0 Å². The zero-order valence-electron chi connectivity index (χ0n) is 56.9. The summed E-state index contributed by atoms with van der Waals surface area (Å²) in [6, 6.07) is 0. The maximum absolute atomic E-state index is 13.5. The van der Waals surface area contributed by atoms with Crippen molar-refractivity contribution in [1.29, 1.82) is 0 Å². The second kappa shape index (κ2) is 42.6. The van der Waals surface area contributed by atoms with Crippen LogP contribution in [0.1, 0.15) is 207 Å². The molecule has 0 radical (unpaired) electrons. The van der Waals surface area contributed by atoms with Crippen molar-refractivity contribution < 1.29 is 116 Å². The number of ether oxygens (including phenoxy) is 8. The van der Waals surface area contributed by atoms with Gasteiger partial charge in [-0.05, 0) is 128 Å². The van der Waals surface area contributed by atoms with Gasteiger partial charge in [-0.1, -0.05) is 101 Å². The number of aliphatic hydroxyl groups is 10. The predicted molar refractivity (Wildman–Crippen MR) is 355 cm³/mol. The molecule has 6 aliphatic heterocycles. The van der Waals surface area contributed by atoms with E-state index in [1.165, 1.54) is 25.3 Å². The Labute approximate surface area is 569 Å². The van der Waals surface area contributed by atoms with E-state index in [0.29, 0.717) is 61.9 Å². The number of ketones is 2. The highest BCUT2D eigenvalue weighted by atomic mass is 32.3. The fourth-order valence-electron chi connectivity index (χ4n) is 13.5. The largest absolute Gasteiger partial charge is 0.397 e. The molecule has 0 aromatic carbocycles. The Morgan fingerprint density at radius 2 is 1.27 bits per heavy atom. The molecule has 11 N–H and O–H groups in total. The highest BCUT2D eigenvalue weighted by Crippen LogP contribution is 2.38. The predicted octanol–water partition coefficient (Wildman–Crippen LogP) is 6.49. The van der Waals surface area contributed by atoms with Gasteiger partial charge >= 0.3 is 10.4 Å². The fourth-order valence-corrected chi connectivity index (χ4v) is 14.0. The molecule has 96 heavy (non-hydrogen) atoms. The first-order valence-electron chi connectivity index (χ1n) is 35.7. The summed E-state index contributed by atoms with van der Waals surface area (Å²) in [5, 5.41) is 106. The Morgan fingerprint density at radius 3 is 2.00 bits per heavy atom. The average molecular weight is 1390 g/mol. The number of rotatable bonds is 49. The minimum absolute atomic E-state index is 0.0347. The number of hydrogen-bond donors (Lipinski definition) is 11. The molecular weight excluding hydrogens is 1270 g/mol. The molecule has 24 nitrogen and oxygen atoms in total. The Hall–Kier alpha value is -2.81. The number of unbranched alkanes of at least 4 members (excludes halogenated alkanes) is 6. The zero-order chi connectivity index (χ0) is 69.9. The molecule has 6 heterocycles. The molecule has 6 rings (SSSR count). The topological polar surface area (TPSA) is 380 Å². The lowest BCUT2D eigenvalue weighted by Gasteiger charge is -2.43. The van der Waals surface area contributed by atoms with Gasteiger partial charge in [-0.2, -0.15) is 8.42 Å². The average Bonchev–Trinajstić information content (AvgIpc) is 1.18. The summed E-state index contributed by atoms with van der Waals surface area (Å²) in [7, 11) is -4.97. The van der Waals surface area contributed by atoms with Crippen molar-refractivity contribution in [2.24, 2.45) is 11.8 Å². The van der Waals surface area contributed by atoms with Gasteiger partial charge in [-0.3, -0.25) is 14.1 Å². The lowest BCUT2D eigenvalue weighted by Crippen LogP contribution is -2.62. The quantitative estimate of drug-likeness (QED) is 0.0134. The van der Waals surface area contributed by atoms with Crippen LogP contribution < -0.4 is 0 Å². The van der Waals surface area contributed by atoms with Crippen LogP contribution in [0.2, 0.25) is 0 Å². The molecule has 25 heteroatoms. The van der Waals surface area contributed by atoms with Crippen molar-refractivity contribution in [2.45, 2.75) is 348 Å². The van der Waals surface area contributed by atoms with Crippen molar-refractivity contribution in [3.8, 4) is 0 Å². The first kappa shape index (κ1) is 82.1. The van der Waals surface area contributed by atoms with Crippen molar-refractivity contribution in [2.75, 3.05) is 13.2 Å². The van der Waals surface area contributed by atoms with E-state index in [-0.39, 0.29) is 56.5 Å². The summed E-state index contributed by atoms with van der Waals surface area (Å²) in [5.74, 6) is 0.669. The van der Waals surface area contributed by atoms with E-state index in [2.05, 4.69) is 63.5 Å². The Balaban J connectivity index is 0.855. The van der Waals surface area contributed by atoms with Crippen LogP contribution in [0.5, 0.6) is 0 Å². The minimum Gasteiger partial charge on any atom is -0.394 e. The third-order valence-electron chi connectivity index (χ3n) is 19.3. The monoisotopic (exact) mass is 1390 g/mol. The van der Waals surface area contributed by atoms with Crippen LogP contribution >= 0.6 is 0 Å². The van der Waals surface area contributed by atoms with E-state index >= 15 is 0 Å². The Morgan fingerprint density at radius 1 is 0.604 bits per heavy atom. The van der Waals surface area contributed by atoms with Crippen LogP contribution in [-0.4, -0.2) is 230 Å². The Kier molecular flexibility index (Phi) is 36.4. The summed E-state index contributed by atoms with van der Waals surface area (Å²) in [4.78, 5) is 26.7. The molecule has 25 atom stereocenters. The summed E-state index contributed by atoms with van der Waals surface area (Å²) in [5.41, 5.74) is 1.28. The second-order valence-electron chi connectivity index (χ2n) is 28.1. The maximum atomic E-state index is 13.5. The van der Waals surface area contributed by atoms with Crippen LogP contribution in [-0.2, 0) is 62.1 Å². The van der Waals surface area contributed by atoms with E-state index in [1.54, 1.807) is 0 Å². The van der Waals surface area contributed by atoms with E-state index < -0.39 is 140 Å². The van der Waals surface area contributed by atoms with E-state index in [0.717, 1.165) is 103 Å². The highest BCUT2D eigenvalue weighted by molar-refractivity contribution is 7.80. The van der Waals surface area contributed by atoms with Crippen LogP contribution in [0, 0.1) is 11.8 Å². The van der Waals surface area contributed by atoms with E-state index in [1.807, 2.05) is 6.08 Å². The number of allylic oxidation sites excluding steroid dienone is 7. The van der Waals surface area contributed by atoms with Crippen molar-refractivity contribution >= 4 is 22.0 Å². The summed E-state index contributed by atoms with van der Waals surface area (Å²) in [6.45, 7) is 12.7. The smallest absolute Gasteiger partial charge is 0.394 e.